The molecule has 0 amide bonds. The van der Waals surface area contributed by atoms with Gasteiger partial charge in [-0.25, -0.2) is 0 Å². The zero-order valence-corrected chi connectivity index (χ0v) is 9.94. The normalized spacial score (nSPS) is 20.4. The van der Waals surface area contributed by atoms with Crippen molar-refractivity contribution < 1.29 is 15.3 Å². The number of anilines is 1. The van der Waals surface area contributed by atoms with Gasteiger partial charge < -0.3 is 20.6 Å². The van der Waals surface area contributed by atoms with Gasteiger partial charge in [-0.05, 0) is 17.7 Å². The standard InChI is InChI=1S/C13H10ClNO3/c14-8-3-1-2-6-4-7-9(15-11(6)8)5-10(16)13(18)12(7)17/h1-5,11,15-18H. The molecular weight excluding hydrogens is 254 g/mol. The first-order chi connectivity index (χ1) is 8.58. The Hall–Kier alpha value is -2.07. The Balaban J connectivity index is 2.20. The van der Waals surface area contributed by atoms with Gasteiger partial charge in [0.15, 0.2) is 11.5 Å². The van der Waals surface area contributed by atoms with E-state index >= 15 is 0 Å². The van der Waals surface area contributed by atoms with Crippen LogP contribution in [0.25, 0.3) is 6.08 Å². The van der Waals surface area contributed by atoms with Crippen LogP contribution in [0.15, 0.2) is 34.9 Å². The minimum absolute atomic E-state index is 0.187. The van der Waals surface area contributed by atoms with E-state index in [0.717, 1.165) is 5.57 Å². The lowest BCUT2D eigenvalue weighted by Crippen LogP contribution is -2.26. The molecule has 1 unspecified atom stereocenters. The lowest BCUT2D eigenvalue weighted by Gasteiger charge is -2.28. The van der Waals surface area contributed by atoms with Gasteiger partial charge in [0.1, 0.15) is 0 Å². The van der Waals surface area contributed by atoms with Crippen molar-refractivity contribution in [3.63, 3.8) is 0 Å². The third-order valence-corrected chi connectivity index (χ3v) is 3.40. The highest BCUT2D eigenvalue weighted by Gasteiger charge is 2.27. The van der Waals surface area contributed by atoms with E-state index in [1.807, 2.05) is 12.2 Å². The number of hydrogen-bond donors (Lipinski definition) is 4. The molecule has 4 nitrogen and oxygen atoms in total. The molecule has 1 atom stereocenters. The zero-order valence-electron chi connectivity index (χ0n) is 9.18. The maximum absolute atomic E-state index is 9.81. The fraction of sp³-hybridized carbons (Fsp3) is 0.0769. The molecule has 1 aromatic carbocycles. The van der Waals surface area contributed by atoms with Crippen LogP contribution in [0.4, 0.5) is 5.69 Å². The number of benzene rings is 1. The van der Waals surface area contributed by atoms with E-state index in [1.54, 1.807) is 12.2 Å². The Morgan fingerprint density at radius 2 is 1.94 bits per heavy atom. The fourth-order valence-electron chi connectivity index (χ4n) is 2.13. The molecular formula is C13H10ClNO3. The van der Waals surface area contributed by atoms with Gasteiger partial charge in [0.2, 0.25) is 5.75 Å². The van der Waals surface area contributed by atoms with Crippen molar-refractivity contribution in [3.05, 3.63) is 40.5 Å². The molecule has 1 heterocycles. The van der Waals surface area contributed by atoms with Crippen LogP contribution in [0, 0.1) is 0 Å². The number of hydrogen-bond acceptors (Lipinski definition) is 4. The van der Waals surface area contributed by atoms with Crippen molar-refractivity contribution in [2.24, 2.45) is 0 Å². The van der Waals surface area contributed by atoms with Crippen molar-refractivity contribution in [3.8, 4) is 17.2 Å². The van der Waals surface area contributed by atoms with Crippen molar-refractivity contribution in [1.29, 1.82) is 0 Å². The van der Waals surface area contributed by atoms with Crippen molar-refractivity contribution in [2.75, 3.05) is 5.32 Å². The molecule has 0 saturated carbocycles. The second kappa shape index (κ2) is 3.71. The Morgan fingerprint density at radius 3 is 2.72 bits per heavy atom. The summed E-state index contributed by atoms with van der Waals surface area (Å²) in [6.07, 6.45) is 7.20. The molecule has 1 aromatic rings. The van der Waals surface area contributed by atoms with E-state index in [9.17, 15) is 15.3 Å². The second-order valence-electron chi connectivity index (χ2n) is 4.19. The maximum Gasteiger partial charge on any atom is 0.201 e. The smallest absolute Gasteiger partial charge is 0.201 e. The van der Waals surface area contributed by atoms with Gasteiger partial charge in [0.05, 0.1) is 6.04 Å². The van der Waals surface area contributed by atoms with Crippen molar-refractivity contribution in [1.82, 2.24) is 0 Å². The van der Waals surface area contributed by atoms with Gasteiger partial charge in [-0.3, -0.25) is 0 Å². The van der Waals surface area contributed by atoms with Crippen LogP contribution >= 0.6 is 11.6 Å². The Kier molecular flexibility index (Phi) is 2.28. The summed E-state index contributed by atoms with van der Waals surface area (Å²) in [7, 11) is 0. The van der Waals surface area contributed by atoms with E-state index in [-0.39, 0.29) is 17.5 Å². The topological polar surface area (TPSA) is 72.7 Å². The van der Waals surface area contributed by atoms with Gasteiger partial charge >= 0.3 is 0 Å². The minimum atomic E-state index is -0.521. The van der Waals surface area contributed by atoms with Crippen LogP contribution < -0.4 is 5.32 Å². The molecule has 0 saturated heterocycles. The SMILES string of the molecule is Oc1cc2c(c(O)c1O)C=C1C=CC=C(Cl)C1N2. The molecule has 0 aromatic heterocycles. The summed E-state index contributed by atoms with van der Waals surface area (Å²) in [4.78, 5) is 0. The highest BCUT2D eigenvalue weighted by molar-refractivity contribution is 6.31. The fourth-order valence-corrected chi connectivity index (χ4v) is 2.39. The van der Waals surface area contributed by atoms with Crippen LogP contribution in [0.3, 0.4) is 0 Å². The van der Waals surface area contributed by atoms with Gasteiger partial charge in [-0.1, -0.05) is 23.8 Å². The largest absolute Gasteiger partial charge is 0.504 e. The van der Waals surface area contributed by atoms with E-state index in [4.69, 9.17) is 11.6 Å². The quantitative estimate of drug-likeness (QED) is 0.429. The molecule has 0 fully saturated rings. The minimum Gasteiger partial charge on any atom is -0.504 e. The zero-order chi connectivity index (χ0) is 12.9. The number of phenolic OH excluding ortho intramolecular Hbond substituents is 3. The average Bonchev–Trinajstić information content (AvgIpc) is 2.36. The number of allylic oxidation sites excluding steroid dienone is 2. The van der Waals surface area contributed by atoms with E-state index < -0.39 is 5.75 Å². The molecule has 0 spiro atoms. The van der Waals surface area contributed by atoms with Gasteiger partial charge in [-0.15, -0.1) is 0 Å². The van der Waals surface area contributed by atoms with Crippen LogP contribution in [0.2, 0.25) is 0 Å². The molecule has 5 heteroatoms. The third-order valence-electron chi connectivity index (χ3n) is 3.06. The number of aromatic hydroxyl groups is 3. The van der Waals surface area contributed by atoms with Crippen molar-refractivity contribution in [2.45, 2.75) is 6.04 Å². The first-order valence-electron chi connectivity index (χ1n) is 5.37. The summed E-state index contributed by atoms with van der Waals surface area (Å²) in [6.45, 7) is 0. The van der Waals surface area contributed by atoms with E-state index in [0.29, 0.717) is 16.3 Å². The molecule has 1 aliphatic heterocycles. The summed E-state index contributed by atoms with van der Waals surface area (Å²) < 4.78 is 0. The summed E-state index contributed by atoms with van der Waals surface area (Å²) >= 11 is 6.10. The van der Waals surface area contributed by atoms with Gasteiger partial charge in [0.25, 0.3) is 0 Å². The highest BCUT2D eigenvalue weighted by Crippen LogP contribution is 2.46. The number of phenols is 3. The van der Waals surface area contributed by atoms with Crippen LogP contribution in [-0.4, -0.2) is 21.4 Å². The highest BCUT2D eigenvalue weighted by atomic mass is 35.5. The maximum atomic E-state index is 9.81. The second-order valence-corrected chi connectivity index (χ2v) is 4.62. The third kappa shape index (κ3) is 1.46. The Labute approximate surface area is 108 Å². The number of fused-ring (bicyclic) bond motifs is 2. The summed E-state index contributed by atoms with van der Waals surface area (Å²) in [5, 5.41) is 32.5. The lowest BCUT2D eigenvalue weighted by molar-refractivity contribution is 0.367. The van der Waals surface area contributed by atoms with Crippen LogP contribution in [0.1, 0.15) is 5.56 Å². The van der Waals surface area contributed by atoms with Crippen molar-refractivity contribution >= 4 is 23.4 Å². The predicted molar refractivity (Wildman–Crippen MR) is 69.9 cm³/mol. The summed E-state index contributed by atoms with van der Waals surface area (Å²) in [5.41, 5.74) is 1.85. The van der Waals surface area contributed by atoms with Crippen LogP contribution in [0.5, 0.6) is 17.2 Å². The predicted octanol–water partition coefficient (Wildman–Crippen LogP) is 2.67. The summed E-state index contributed by atoms with van der Waals surface area (Å²) in [5.74, 6) is -1.24. The van der Waals surface area contributed by atoms with Crippen LogP contribution in [-0.2, 0) is 0 Å². The van der Waals surface area contributed by atoms with Gasteiger partial charge in [-0.2, -0.15) is 0 Å². The molecule has 0 radical (unpaired) electrons. The van der Waals surface area contributed by atoms with E-state index in [1.165, 1.54) is 6.07 Å². The molecule has 18 heavy (non-hydrogen) atoms. The Bertz CT molecular complexity index is 632. The number of rotatable bonds is 0. The molecule has 3 rings (SSSR count). The molecule has 92 valence electrons. The first kappa shape index (κ1) is 11.0. The lowest BCUT2D eigenvalue weighted by atomic mass is 9.93. The first-order valence-corrected chi connectivity index (χ1v) is 5.75. The average molecular weight is 264 g/mol. The molecule has 2 aliphatic rings. The molecule has 0 bridgehead atoms. The molecule has 1 aliphatic carbocycles. The monoisotopic (exact) mass is 263 g/mol. The van der Waals surface area contributed by atoms with Gasteiger partial charge in [0, 0.05) is 22.3 Å². The number of halogens is 1. The Morgan fingerprint density at radius 1 is 1.17 bits per heavy atom. The van der Waals surface area contributed by atoms with E-state index in [2.05, 4.69) is 5.32 Å². The summed E-state index contributed by atoms with van der Waals surface area (Å²) in [6, 6.07) is 1.17. The number of nitrogens with one attached hydrogen (secondary N) is 1. The molecule has 4 N–H and O–H groups in total.